The van der Waals surface area contributed by atoms with Gasteiger partial charge in [0.05, 0.1) is 12.5 Å². The maximum Gasteiger partial charge on any atom is 0.317 e. The van der Waals surface area contributed by atoms with Crippen LogP contribution in [0.25, 0.3) is 0 Å². The van der Waals surface area contributed by atoms with Crippen molar-refractivity contribution < 1.29 is 19.1 Å². The van der Waals surface area contributed by atoms with Gasteiger partial charge in [-0.3, -0.25) is 4.79 Å². The zero-order chi connectivity index (χ0) is 15.5. The van der Waals surface area contributed by atoms with E-state index in [1.54, 1.807) is 4.90 Å². The van der Waals surface area contributed by atoms with E-state index in [4.69, 9.17) is 15.2 Å². The predicted molar refractivity (Wildman–Crippen MR) is 78.6 cm³/mol. The van der Waals surface area contributed by atoms with Crippen LogP contribution in [0.2, 0.25) is 0 Å². The Kier molecular flexibility index (Phi) is 4.04. The molecule has 2 unspecified atom stereocenters. The summed E-state index contributed by atoms with van der Waals surface area (Å²) in [5.74, 6) is 0.805. The Bertz CT molecular complexity index is 578. The number of nitrogens with one attached hydrogen (secondary N) is 1. The highest BCUT2D eigenvalue weighted by Gasteiger charge is 2.30. The van der Waals surface area contributed by atoms with E-state index in [1.807, 2.05) is 24.3 Å². The molecule has 0 bridgehead atoms. The van der Waals surface area contributed by atoms with E-state index in [-0.39, 0.29) is 24.0 Å². The molecule has 22 heavy (non-hydrogen) atoms. The first kappa shape index (κ1) is 14.5. The number of nitrogens with two attached hydrogens (primary N) is 1. The highest BCUT2D eigenvalue weighted by Crippen LogP contribution is 2.30. The quantitative estimate of drug-likeness (QED) is 0.842. The van der Waals surface area contributed by atoms with Crippen molar-refractivity contribution >= 4 is 11.9 Å². The number of primary amides is 1. The minimum absolute atomic E-state index is 0.203. The SMILES string of the molecule is NC(=O)C1CCN(C(=O)NCC2COc3ccccc3O2)C1. The van der Waals surface area contributed by atoms with Gasteiger partial charge in [0.25, 0.3) is 0 Å². The van der Waals surface area contributed by atoms with Crippen molar-refractivity contribution in [3.8, 4) is 11.5 Å². The third kappa shape index (κ3) is 3.08. The number of likely N-dealkylation sites (tertiary alicyclic amines) is 1. The van der Waals surface area contributed by atoms with Gasteiger partial charge in [-0.1, -0.05) is 12.1 Å². The van der Waals surface area contributed by atoms with E-state index in [1.165, 1.54) is 0 Å². The van der Waals surface area contributed by atoms with Gasteiger partial charge in [-0.25, -0.2) is 4.79 Å². The summed E-state index contributed by atoms with van der Waals surface area (Å²) >= 11 is 0. The van der Waals surface area contributed by atoms with Crippen LogP contribution in [-0.4, -0.2) is 49.2 Å². The molecule has 2 atom stereocenters. The lowest BCUT2D eigenvalue weighted by molar-refractivity contribution is -0.121. The number of benzene rings is 1. The number of nitrogens with zero attached hydrogens (tertiary/aromatic N) is 1. The zero-order valence-corrected chi connectivity index (χ0v) is 12.2. The van der Waals surface area contributed by atoms with E-state index in [2.05, 4.69) is 5.32 Å². The van der Waals surface area contributed by atoms with Crippen molar-refractivity contribution in [3.63, 3.8) is 0 Å². The molecule has 0 saturated carbocycles. The van der Waals surface area contributed by atoms with E-state index in [0.29, 0.717) is 44.2 Å². The molecule has 1 saturated heterocycles. The molecule has 1 aromatic carbocycles. The summed E-state index contributed by atoms with van der Waals surface area (Å²) in [6.45, 7) is 1.67. The third-order valence-electron chi connectivity index (χ3n) is 3.93. The molecule has 3 rings (SSSR count). The van der Waals surface area contributed by atoms with Crippen LogP contribution in [-0.2, 0) is 4.79 Å². The third-order valence-corrected chi connectivity index (χ3v) is 3.93. The van der Waals surface area contributed by atoms with Gasteiger partial charge in [0.2, 0.25) is 5.91 Å². The number of hydrogen-bond acceptors (Lipinski definition) is 4. The Morgan fingerprint density at radius 1 is 1.32 bits per heavy atom. The van der Waals surface area contributed by atoms with Crippen LogP contribution in [0.15, 0.2) is 24.3 Å². The Hall–Kier alpha value is -2.44. The first-order valence-corrected chi connectivity index (χ1v) is 7.34. The fourth-order valence-electron chi connectivity index (χ4n) is 2.65. The van der Waals surface area contributed by atoms with Crippen molar-refractivity contribution in [2.45, 2.75) is 12.5 Å². The van der Waals surface area contributed by atoms with Crippen molar-refractivity contribution in [2.24, 2.45) is 11.7 Å². The molecule has 118 valence electrons. The highest BCUT2D eigenvalue weighted by molar-refractivity contribution is 5.80. The van der Waals surface area contributed by atoms with Gasteiger partial charge in [0, 0.05) is 13.1 Å². The van der Waals surface area contributed by atoms with Gasteiger partial charge < -0.3 is 25.4 Å². The number of carbonyl (C=O) groups is 2. The lowest BCUT2D eigenvalue weighted by Crippen LogP contribution is -2.45. The molecule has 0 radical (unpaired) electrons. The Morgan fingerprint density at radius 2 is 2.09 bits per heavy atom. The van der Waals surface area contributed by atoms with Crippen molar-refractivity contribution in [3.05, 3.63) is 24.3 Å². The first-order valence-electron chi connectivity index (χ1n) is 7.34. The minimum atomic E-state index is -0.351. The minimum Gasteiger partial charge on any atom is -0.486 e. The molecule has 0 spiro atoms. The maximum absolute atomic E-state index is 12.1. The Balaban J connectivity index is 1.47. The monoisotopic (exact) mass is 305 g/mol. The second-order valence-electron chi connectivity index (χ2n) is 5.52. The van der Waals surface area contributed by atoms with Crippen molar-refractivity contribution in [2.75, 3.05) is 26.2 Å². The number of amides is 3. The van der Waals surface area contributed by atoms with Crippen LogP contribution in [0.5, 0.6) is 11.5 Å². The molecule has 7 heteroatoms. The summed E-state index contributed by atoms with van der Waals surface area (Å²) < 4.78 is 11.4. The van der Waals surface area contributed by atoms with E-state index < -0.39 is 0 Å². The van der Waals surface area contributed by atoms with Crippen LogP contribution in [0.3, 0.4) is 0 Å². The largest absolute Gasteiger partial charge is 0.486 e. The lowest BCUT2D eigenvalue weighted by Gasteiger charge is -2.27. The van der Waals surface area contributed by atoms with Gasteiger partial charge >= 0.3 is 6.03 Å². The highest BCUT2D eigenvalue weighted by atomic mass is 16.6. The van der Waals surface area contributed by atoms with Crippen molar-refractivity contribution in [1.82, 2.24) is 10.2 Å². The molecule has 2 aliphatic heterocycles. The van der Waals surface area contributed by atoms with Crippen LogP contribution in [0.4, 0.5) is 4.79 Å². The van der Waals surface area contributed by atoms with Gasteiger partial charge in [-0.2, -0.15) is 0 Å². The maximum atomic E-state index is 12.1. The second-order valence-corrected chi connectivity index (χ2v) is 5.52. The number of fused-ring (bicyclic) bond motifs is 1. The Morgan fingerprint density at radius 3 is 2.82 bits per heavy atom. The predicted octanol–water partition coefficient (Wildman–Crippen LogP) is 0.343. The first-order chi connectivity index (χ1) is 10.6. The summed E-state index contributed by atoms with van der Waals surface area (Å²) in [6, 6.07) is 7.23. The van der Waals surface area contributed by atoms with Gasteiger partial charge in [0.1, 0.15) is 6.61 Å². The van der Waals surface area contributed by atoms with E-state index in [9.17, 15) is 9.59 Å². The van der Waals surface area contributed by atoms with Crippen LogP contribution in [0.1, 0.15) is 6.42 Å². The molecule has 0 aliphatic carbocycles. The van der Waals surface area contributed by atoms with Crippen LogP contribution < -0.4 is 20.5 Å². The molecule has 2 heterocycles. The molecule has 7 nitrogen and oxygen atoms in total. The smallest absolute Gasteiger partial charge is 0.317 e. The summed E-state index contributed by atoms with van der Waals surface area (Å²) in [7, 11) is 0. The topological polar surface area (TPSA) is 93.9 Å². The normalized spacial score (nSPS) is 23.2. The lowest BCUT2D eigenvalue weighted by atomic mass is 10.1. The average molecular weight is 305 g/mol. The number of para-hydroxylation sites is 2. The zero-order valence-electron chi connectivity index (χ0n) is 12.2. The number of ether oxygens (including phenoxy) is 2. The molecular weight excluding hydrogens is 286 g/mol. The summed E-state index contributed by atoms with van der Waals surface area (Å²) in [4.78, 5) is 24.8. The number of rotatable bonds is 3. The van der Waals surface area contributed by atoms with E-state index >= 15 is 0 Å². The van der Waals surface area contributed by atoms with Crippen molar-refractivity contribution in [1.29, 1.82) is 0 Å². The average Bonchev–Trinajstić information content (AvgIpc) is 3.03. The molecule has 1 aromatic rings. The molecule has 3 amide bonds. The molecule has 0 aromatic heterocycles. The fraction of sp³-hybridized carbons (Fsp3) is 0.467. The number of carbonyl (C=O) groups excluding carboxylic acids is 2. The molecule has 1 fully saturated rings. The Labute approximate surface area is 128 Å². The summed E-state index contributed by atoms with van der Waals surface area (Å²) in [6.07, 6.45) is 0.396. The van der Waals surface area contributed by atoms with E-state index in [0.717, 1.165) is 0 Å². The van der Waals surface area contributed by atoms with Gasteiger partial charge in [0.15, 0.2) is 17.6 Å². The molecule has 3 N–H and O–H groups in total. The van der Waals surface area contributed by atoms with Crippen LogP contribution >= 0.6 is 0 Å². The van der Waals surface area contributed by atoms with Crippen LogP contribution in [0, 0.1) is 5.92 Å². The number of hydrogen-bond donors (Lipinski definition) is 2. The summed E-state index contributed by atoms with van der Waals surface area (Å²) in [5, 5.41) is 2.81. The number of urea groups is 1. The van der Waals surface area contributed by atoms with Gasteiger partial charge in [-0.15, -0.1) is 0 Å². The molecular formula is C15H19N3O4. The fourth-order valence-corrected chi connectivity index (χ4v) is 2.65. The second kappa shape index (κ2) is 6.13. The summed E-state index contributed by atoms with van der Waals surface area (Å²) in [5.41, 5.74) is 5.26. The standard InChI is InChI=1S/C15H19N3O4/c16-14(19)10-5-6-18(8-10)15(20)17-7-11-9-21-12-3-1-2-4-13(12)22-11/h1-4,10-11H,5-9H2,(H2,16,19)(H,17,20). The van der Waals surface area contributed by atoms with Gasteiger partial charge in [-0.05, 0) is 18.6 Å². The molecule has 2 aliphatic rings.